The number of benzene rings is 3. The van der Waals surface area contributed by atoms with E-state index >= 15 is 0 Å². The van der Waals surface area contributed by atoms with Crippen molar-refractivity contribution in [2.24, 2.45) is 0 Å². The number of nitrogens with zero attached hydrogens (tertiary/aromatic N) is 1. The van der Waals surface area contributed by atoms with E-state index in [9.17, 15) is 4.79 Å². The predicted molar refractivity (Wildman–Crippen MR) is 143 cm³/mol. The third kappa shape index (κ3) is 6.03. The Kier molecular flexibility index (Phi) is 8.34. The van der Waals surface area contributed by atoms with Gasteiger partial charge in [-0.25, -0.2) is 0 Å². The lowest BCUT2D eigenvalue weighted by Gasteiger charge is -2.24. The summed E-state index contributed by atoms with van der Waals surface area (Å²) < 4.78 is 3.34. The maximum atomic E-state index is 13.2. The van der Waals surface area contributed by atoms with Gasteiger partial charge >= 0.3 is 0 Å². The number of halogens is 3. The summed E-state index contributed by atoms with van der Waals surface area (Å²) in [6.45, 7) is 0.535. The highest BCUT2D eigenvalue weighted by molar-refractivity contribution is 14.1. The normalized spacial score (nSPS) is 11.0. The van der Waals surface area contributed by atoms with Crippen LogP contribution in [0.5, 0.6) is 0 Å². The molecule has 0 aromatic heterocycles. The summed E-state index contributed by atoms with van der Waals surface area (Å²) in [5.41, 5.74) is 3.14. The van der Waals surface area contributed by atoms with Crippen molar-refractivity contribution in [2.75, 3.05) is 11.4 Å². The molecule has 0 N–H and O–H groups in total. The van der Waals surface area contributed by atoms with Crippen LogP contribution in [0, 0.1) is 10.7 Å². The van der Waals surface area contributed by atoms with Gasteiger partial charge in [0.25, 0.3) is 0 Å². The van der Waals surface area contributed by atoms with Gasteiger partial charge in [0, 0.05) is 17.3 Å². The number of hydrogen-bond acceptors (Lipinski definition) is 1. The Morgan fingerprint density at radius 3 is 2.04 bits per heavy atom. The van der Waals surface area contributed by atoms with Gasteiger partial charge in [0.2, 0.25) is 5.91 Å². The second-order valence-electron chi connectivity index (χ2n) is 6.20. The molecule has 0 saturated carbocycles. The standard InChI is InChI=1S/C23H18I3NO/c24-19-15-20(25)23(21(26)16-19)27(13-7-12-17-8-3-1-4-9-17)22(28)14-18-10-5-2-6-11-18/h1-12,15-16H,13-14H2/b12-7+. The second kappa shape index (κ2) is 10.7. The minimum Gasteiger partial charge on any atom is -0.306 e. The lowest BCUT2D eigenvalue weighted by atomic mass is 10.1. The van der Waals surface area contributed by atoms with Crippen LogP contribution in [0.15, 0.2) is 78.9 Å². The average Bonchev–Trinajstić information content (AvgIpc) is 2.67. The molecular formula is C23H18I3NO. The van der Waals surface area contributed by atoms with Gasteiger partial charge in [-0.2, -0.15) is 0 Å². The predicted octanol–water partition coefficient (Wildman–Crippen LogP) is 6.79. The number of rotatable bonds is 6. The highest BCUT2D eigenvalue weighted by atomic mass is 127. The smallest absolute Gasteiger partial charge is 0.231 e. The van der Waals surface area contributed by atoms with Crippen molar-refractivity contribution in [3.05, 3.63) is 101 Å². The fourth-order valence-corrected chi connectivity index (χ4v) is 7.00. The van der Waals surface area contributed by atoms with Gasteiger partial charge in [-0.1, -0.05) is 72.8 Å². The van der Waals surface area contributed by atoms with Crippen LogP contribution in [-0.4, -0.2) is 12.5 Å². The van der Waals surface area contributed by atoms with Crippen molar-refractivity contribution in [3.63, 3.8) is 0 Å². The van der Waals surface area contributed by atoms with E-state index < -0.39 is 0 Å². The third-order valence-corrected chi connectivity index (χ3v) is 6.42. The number of anilines is 1. The van der Waals surface area contributed by atoms with Crippen molar-refractivity contribution >= 4 is 85.4 Å². The Morgan fingerprint density at radius 1 is 0.857 bits per heavy atom. The molecule has 0 heterocycles. The molecule has 0 unspecified atom stereocenters. The van der Waals surface area contributed by atoms with Crippen LogP contribution in [0.3, 0.4) is 0 Å². The lowest BCUT2D eigenvalue weighted by molar-refractivity contribution is -0.117. The van der Waals surface area contributed by atoms with E-state index in [-0.39, 0.29) is 5.91 Å². The average molecular weight is 705 g/mol. The largest absolute Gasteiger partial charge is 0.306 e. The third-order valence-electron chi connectivity index (χ3n) is 4.15. The van der Waals surface area contributed by atoms with Crippen molar-refractivity contribution in [2.45, 2.75) is 6.42 Å². The fourth-order valence-electron chi connectivity index (χ4n) is 2.83. The quantitative estimate of drug-likeness (QED) is 0.259. The van der Waals surface area contributed by atoms with Gasteiger partial charge in [-0.05, 0) is 91.0 Å². The maximum absolute atomic E-state index is 13.2. The zero-order valence-corrected chi connectivity index (χ0v) is 21.5. The molecule has 1 amide bonds. The molecule has 142 valence electrons. The van der Waals surface area contributed by atoms with Gasteiger partial charge in [-0.15, -0.1) is 0 Å². The molecule has 3 aromatic rings. The van der Waals surface area contributed by atoms with E-state index in [0.29, 0.717) is 13.0 Å². The van der Waals surface area contributed by atoms with Crippen LogP contribution in [0.4, 0.5) is 5.69 Å². The number of hydrogen-bond donors (Lipinski definition) is 0. The van der Waals surface area contributed by atoms with Crippen molar-refractivity contribution < 1.29 is 4.79 Å². The van der Waals surface area contributed by atoms with Crippen LogP contribution >= 0.6 is 67.8 Å². The van der Waals surface area contributed by atoms with E-state index in [1.54, 1.807) is 0 Å². The zero-order chi connectivity index (χ0) is 19.9. The summed E-state index contributed by atoms with van der Waals surface area (Å²) >= 11 is 6.97. The molecule has 0 atom stereocenters. The van der Waals surface area contributed by atoms with E-state index in [4.69, 9.17) is 0 Å². The molecule has 5 heteroatoms. The lowest BCUT2D eigenvalue weighted by Crippen LogP contribution is -2.33. The monoisotopic (exact) mass is 705 g/mol. The maximum Gasteiger partial charge on any atom is 0.231 e. The number of carbonyl (C=O) groups excluding carboxylic acids is 1. The first kappa shape index (κ1) is 21.8. The van der Waals surface area contributed by atoms with E-state index in [1.807, 2.05) is 53.4 Å². The molecule has 0 radical (unpaired) electrons. The molecule has 0 aliphatic rings. The van der Waals surface area contributed by atoms with E-state index in [2.05, 4.69) is 104 Å². The Bertz CT molecular complexity index is 949. The summed E-state index contributed by atoms with van der Waals surface area (Å²) in [5.74, 6) is 0.0981. The molecular weight excluding hydrogens is 687 g/mol. The van der Waals surface area contributed by atoms with Gasteiger partial charge in [-0.3, -0.25) is 4.79 Å². The van der Waals surface area contributed by atoms with Gasteiger partial charge in [0.05, 0.1) is 12.1 Å². The SMILES string of the molecule is O=C(Cc1ccccc1)N(C/C=C/c1ccccc1)c1c(I)cc(I)cc1I. The van der Waals surface area contributed by atoms with Crippen molar-refractivity contribution in [1.29, 1.82) is 0 Å². The molecule has 2 nitrogen and oxygen atoms in total. The Balaban J connectivity index is 1.89. The van der Waals surface area contributed by atoms with Crippen LogP contribution in [-0.2, 0) is 11.2 Å². The Labute approximate surface area is 206 Å². The summed E-state index contributed by atoms with van der Waals surface area (Å²) in [7, 11) is 0. The summed E-state index contributed by atoms with van der Waals surface area (Å²) in [6.07, 6.45) is 4.51. The van der Waals surface area contributed by atoms with E-state index in [0.717, 1.165) is 24.0 Å². The second-order valence-corrected chi connectivity index (χ2v) is 9.77. The molecule has 0 fully saturated rings. The molecule has 28 heavy (non-hydrogen) atoms. The fraction of sp³-hybridized carbons (Fsp3) is 0.0870. The number of amides is 1. The highest BCUT2D eigenvalue weighted by Crippen LogP contribution is 2.31. The van der Waals surface area contributed by atoms with Gasteiger partial charge < -0.3 is 4.90 Å². The minimum atomic E-state index is 0.0981. The molecule has 0 bridgehead atoms. The first-order valence-corrected chi connectivity index (χ1v) is 12.0. The molecule has 0 saturated heterocycles. The summed E-state index contributed by atoms with van der Waals surface area (Å²) in [4.78, 5) is 15.1. The minimum absolute atomic E-state index is 0.0981. The number of carbonyl (C=O) groups is 1. The van der Waals surface area contributed by atoms with Gasteiger partial charge in [0.1, 0.15) is 0 Å². The van der Waals surface area contributed by atoms with Crippen LogP contribution in [0.1, 0.15) is 11.1 Å². The molecule has 3 aromatic carbocycles. The topological polar surface area (TPSA) is 20.3 Å². The summed E-state index contributed by atoms with van der Waals surface area (Å²) in [6, 6.07) is 24.3. The van der Waals surface area contributed by atoms with Crippen molar-refractivity contribution in [3.8, 4) is 0 Å². The summed E-state index contributed by atoms with van der Waals surface area (Å²) in [5, 5.41) is 0. The van der Waals surface area contributed by atoms with Crippen LogP contribution in [0.25, 0.3) is 6.08 Å². The molecule has 0 spiro atoms. The molecule has 3 rings (SSSR count). The molecule has 0 aliphatic heterocycles. The van der Waals surface area contributed by atoms with Gasteiger partial charge in [0.15, 0.2) is 0 Å². The highest BCUT2D eigenvalue weighted by Gasteiger charge is 2.20. The zero-order valence-electron chi connectivity index (χ0n) is 15.0. The molecule has 0 aliphatic carbocycles. The first-order valence-electron chi connectivity index (χ1n) is 8.75. The van der Waals surface area contributed by atoms with Crippen LogP contribution < -0.4 is 4.90 Å². The first-order chi connectivity index (χ1) is 13.5. The Morgan fingerprint density at radius 2 is 1.43 bits per heavy atom. The van der Waals surface area contributed by atoms with E-state index in [1.165, 1.54) is 3.57 Å². The van der Waals surface area contributed by atoms with Crippen LogP contribution in [0.2, 0.25) is 0 Å². The Hall–Kier alpha value is -0.940. The van der Waals surface area contributed by atoms with Crippen molar-refractivity contribution in [1.82, 2.24) is 0 Å².